The largest absolute Gasteiger partial charge is 0.296 e. The normalized spacial score (nSPS) is 10.9. The van der Waals surface area contributed by atoms with Crippen molar-refractivity contribution in [1.29, 1.82) is 0 Å². The fourth-order valence-corrected chi connectivity index (χ4v) is 2.60. The summed E-state index contributed by atoms with van der Waals surface area (Å²) in [6.07, 6.45) is 3.71. The lowest BCUT2D eigenvalue weighted by atomic mass is 10.1. The molecule has 1 aromatic carbocycles. The molecule has 2 heterocycles. The van der Waals surface area contributed by atoms with E-state index in [-0.39, 0.29) is 0 Å². The van der Waals surface area contributed by atoms with Crippen LogP contribution in [0.2, 0.25) is 0 Å². The highest BCUT2D eigenvalue weighted by molar-refractivity contribution is 9.10. The molecule has 3 nitrogen and oxygen atoms in total. The number of benzene rings is 1. The van der Waals surface area contributed by atoms with Crippen molar-refractivity contribution < 1.29 is 4.79 Å². The quantitative estimate of drug-likeness (QED) is 0.677. The molecule has 0 aliphatic carbocycles. The summed E-state index contributed by atoms with van der Waals surface area (Å²) >= 11 is 3.42. The number of carbonyl (C=O) groups is 1. The number of fused-ring (bicyclic) bond motifs is 1. The van der Waals surface area contributed by atoms with E-state index in [1.54, 1.807) is 4.40 Å². The second-order valence-corrected chi connectivity index (χ2v) is 5.51. The Labute approximate surface area is 125 Å². The second-order valence-electron chi connectivity index (χ2n) is 4.59. The van der Waals surface area contributed by atoms with Gasteiger partial charge in [-0.3, -0.25) is 9.20 Å². The zero-order chi connectivity index (χ0) is 14.1. The molecular formula is C16H13BrN2O. The second kappa shape index (κ2) is 5.21. The summed E-state index contributed by atoms with van der Waals surface area (Å²) in [5.74, 6) is 0. The van der Waals surface area contributed by atoms with Crippen LogP contribution in [0.4, 0.5) is 0 Å². The Morgan fingerprint density at radius 1 is 1.20 bits per heavy atom. The molecule has 0 bridgehead atoms. The molecule has 3 rings (SSSR count). The van der Waals surface area contributed by atoms with Crippen molar-refractivity contribution in [2.24, 2.45) is 0 Å². The van der Waals surface area contributed by atoms with Crippen molar-refractivity contribution >= 4 is 27.9 Å². The molecule has 0 aliphatic heterocycles. The van der Waals surface area contributed by atoms with Crippen LogP contribution >= 0.6 is 15.9 Å². The van der Waals surface area contributed by atoms with Crippen molar-refractivity contribution in [2.45, 2.75) is 13.3 Å². The maximum atomic E-state index is 11.4. The Bertz CT molecular complexity index is 775. The number of carbonyl (C=O) groups excluding carboxylic acids is 1. The predicted octanol–water partition coefficient (Wildman–Crippen LogP) is 4.14. The molecule has 0 fully saturated rings. The lowest BCUT2D eigenvalue weighted by Gasteiger charge is -2.01. The van der Waals surface area contributed by atoms with E-state index in [2.05, 4.69) is 40.0 Å². The highest BCUT2D eigenvalue weighted by Gasteiger charge is 2.13. The van der Waals surface area contributed by atoms with Gasteiger partial charge in [-0.1, -0.05) is 31.2 Å². The monoisotopic (exact) mass is 328 g/mol. The molecule has 0 unspecified atom stereocenters. The zero-order valence-corrected chi connectivity index (χ0v) is 12.6. The Balaban J connectivity index is 2.21. The smallest absolute Gasteiger partial charge is 0.169 e. The molecule has 0 atom stereocenters. The van der Waals surface area contributed by atoms with Crippen LogP contribution < -0.4 is 0 Å². The first-order valence-corrected chi connectivity index (χ1v) is 7.24. The van der Waals surface area contributed by atoms with Crippen LogP contribution in [0.5, 0.6) is 0 Å². The van der Waals surface area contributed by atoms with Gasteiger partial charge < -0.3 is 0 Å². The summed E-state index contributed by atoms with van der Waals surface area (Å²) < 4.78 is 2.72. The number of aldehydes is 1. The fraction of sp³-hybridized carbons (Fsp3) is 0.125. The Morgan fingerprint density at radius 3 is 2.60 bits per heavy atom. The standard InChI is InChI=1S/C16H13BrN2O/c1-2-11-3-5-12(6-4-11)16-14(10-20)19-9-13(17)7-8-15(19)18-16/h3-10H,2H2,1H3. The van der Waals surface area contributed by atoms with Crippen LogP contribution in [0.15, 0.2) is 47.1 Å². The van der Waals surface area contributed by atoms with Gasteiger partial charge in [-0.25, -0.2) is 4.98 Å². The van der Waals surface area contributed by atoms with Gasteiger partial charge in [0, 0.05) is 16.2 Å². The molecule has 0 saturated carbocycles. The number of hydrogen-bond donors (Lipinski definition) is 0. The third-order valence-electron chi connectivity index (χ3n) is 3.37. The fourth-order valence-electron chi connectivity index (χ4n) is 2.26. The van der Waals surface area contributed by atoms with E-state index in [1.807, 2.05) is 30.5 Å². The van der Waals surface area contributed by atoms with E-state index in [4.69, 9.17) is 0 Å². The zero-order valence-electron chi connectivity index (χ0n) is 11.0. The lowest BCUT2D eigenvalue weighted by molar-refractivity contribution is 0.111. The molecule has 20 heavy (non-hydrogen) atoms. The van der Waals surface area contributed by atoms with E-state index in [9.17, 15) is 4.79 Å². The van der Waals surface area contributed by atoms with E-state index in [0.717, 1.165) is 34.1 Å². The molecule has 0 N–H and O–H groups in total. The van der Waals surface area contributed by atoms with Gasteiger partial charge in [-0.2, -0.15) is 0 Å². The molecule has 3 aromatic rings. The number of nitrogens with zero attached hydrogens (tertiary/aromatic N) is 2. The highest BCUT2D eigenvalue weighted by Crippen LogP contribution is 2.25. The van der Waals surface area contributed by atoms with Crippen LogP contribution in [-0.4, -0.2) is 15.7 Å². The molecule has 100 valence electrons. The van der Waals surface area contributed by atoms with E-state index >= 15 is 0 Å². The van der Waals surface area contributed by atoms with E-state index in [1.165, 1.54) is 5.56 Å². The van der Waals surface area contributed by atoms with Crippen molar-refractivity contribution in [2.75, 3.05) is 0 Å². The van der Waals surface area contributed by atoms with Gasteiger partial charge in [-0.05, 0) is 40.0 Å². The third kappa shape index (κ3) is 2.16. The number of aromatic nitrogens is 2. The number of rotatable bonds is 3. The lowest BCUT2D eigenvalue weighted by Crippen LogP contribution is -1.92. The van der Waals surface area contributed by atoms with Crippen LogP contribution in [0.1, 0.15) is 23.0 Å². The number of halogens is 1. The van der Waals surface area contributed by atoms with Gasteiger partial charge in [0.05, 0.1) is 0 Å². The Morgan fingerprint density at radius 2 is 1.95 bits per heavy atom. The molecule has 4 heteroatoms. The SMILES string of the molecule is CCc1ccc(-c2nc3ccc(Br)cn3c2C=O)cc1. The van der Waals surface area contributed by atoms with Crippen molar-refractivity contribution in [1.82, 2.24) is 9.38 Å². The molecule has 2 aromatic heterocycles. The van der Waals surface area contributed by atoms with Crippen molar-refractivity contribution in [3.8, 4) is 11.3 Å². The minimum atomic E-state index is 0.575. The summed E-state index contributed by atoms with van der Waals surface area (Å²) in [5.41, 5.74) is 4.30. The first-order valence-electron chi connectivity index (χ1n) is 6.45. The van der Waals surface area contributed by atoms with E-state index in [0.29, 0.717) is 5.69 Å². The summed E-state index contributed by atoms with van der Waals surface area (Å²) in [6.45, 7) is 2.12. The molecule has 0 aliphatic rings. The highest BCUT2D eigenvalue weighted by atomic mass is 79.9. The molecular weight excluding hydrogens is 316 g/mol. The maximum Gasteiger partial charge on any atom is 0.169 e. The van der Waals surface area contributed by atoms with Crippen molar-refractivity contribution in [3.05, 3.63) is 58.3 Å². The van der Waals surface area contributed by atoms with Gasteiger partial charge in [0.2, 0.25) is 0 Å². The number of imidazole rings is 1. The number of aryl methyl sites for hydroxylation is 1. The predicted molar refractivity (Wildman–Crippen MR) is 83.1 cm³/mol. The minimum absolute atomic E-state index is 0.575. The Kier molecular flexibility index (Phi) is 3.40. The van der Waals surface area contributed by atoms with Gasteiger partial charge in [0.25, 0.3) is 0 Å². The number of hydrogen-bond acceptors (Lipinski definition) is 2. The first-order chi connectivity index (χ1) is 9.72. The van der Waals surface area contributed by atoms with Crippen molar-refractivity contribution in [3.63, 3.8) is 0 Å². The summed E-state index contributed by atoms with van der Waals surface area (Å²) in [6, 6.07) is 12.0. The number of pyridine rings is 1. The van der Waals surface area contributed by atoms with Crippen LogP contribution in [0.25, 0.3) is 16.9 Å². The van der Waals surface area contributed by atoms with Crippen LogP contribution in [0.3, 0.4) is 0 Å². The van der Waals surface area contributed by atoms with Gasteiger partial charge >= 0.3 is 0 Å². The topological polar surface area (TPSA) is 34.4 Å². The summed E-state index contributed by atoms with van der Waals surface area (Å²) in [4.78, 5) is 16.0. The van der Waals surface area contributed by atoms with Gasteiger partial charge in [0.15, 0.2) is 6.29 Å². The molecule has 0 spiro atoms. The summed E-state index contributed by atoms with van der Waals surface area (Å²) in [5, 5.41) is 0. The third-order valence-corrected chi connectivity index (χ3v) is 3.84. The summed E-state index contributed by atoms with van der Waals surface area (Å²) in [7, 11) is 0. The maximum absolute atomic E-state index is 11.4. The van der Waals surface area contributed by atoms with Crippen LogP contribution in [-0.2, 0) is 6.42 Å². The molecule has 0 amide bonds. The van der Waals surface area contributed by atoms with E-state index < -0.39 is 0 Å². The first kappa shape index (κ1) is 13.1. The minimum Gasteiger partial charge on any atom is -0.296 e. The van der Waals surface area contributed by atoms with Crippen LogP contribution in [0, 0.1) is 0 Å². The van der Waals surface area contributed by atoms with Gasteiger partial charge in [-0.15, -0.1) is 0 Å². The average Bonchev–Trinajstić information content (AvgIpc) is 2.85. The molecule has 0 radical (unpaired) electrons. The average molecular weight is 329 g/mol. The van der Waals surface area contributed by atoms with Gasteiger partial charge in [0.1, 0.15) is 17.0 Å². The molecule has 0 saturated heterocycles. The Hall–Kier alpha value is -1.94.